The van der Waals surface area contributed by atoms with Crippen LogP contribution in [0, 0.1) is 0 Å². The van der Waals surface area contributed by atoms with Gasteiger partial charge in [0.05, 0.1) is 30.0 Å². The van der Waals surface area contributed by atoms with E-state index in [9.17, 15) is 4.79 Å². The van der Waals surface area contributed by atoms with Gasteiger partial charge in [0, 0.05) is 12.5 Å². The average Bonchev–Trinajstić information content (AvgIpc) is 3.04. The minimum absolute atomic E-state index is 0.219. The lowest BCUT2D eigenvalue weighted by molar-refractivity contribution is -0.111. The van der Waals surface area contributed by atoms with E-state index in [1.807, 2.05) is 0 Å². The molecule has 19 heavy (non-hydrogen) atoms. The van der Waals surface area contributed by atoms with Gasteiger partial charge in [-0.15, -0.1) is 0 Å². The largest absolute Gasteiger partial charge is 0.465 e. The van der Waals surface area contributed by atoms with E-state index in [0.29, 0.717) is 24.1 Å². The molecule has 3 heterocycles. The van der Waals surface area contributed by atoms with Crippen LogP contribution in [0.2, 0.25) is 0 Å². The molecule has 0 atom stereocenters. The van der Waals surface area contributed by atoms with Crippen LogP contribution >= 0.6 is 11.3 Å². The molecule has 98 valence electrons. The lowest BCUT2D eigenvalue weighted by atomic mass is 10.2. The number of carbonyl (C=O) groups excluding carboxylic acids is 1. The normalized spacial score (nSPS) is 14.5. The topological polar surface area (TPSA) is 64.4 Å². The number of thiazole rings is 1. The van der Waals surface area contributed by atoms with E-state index in [1.165, 1.54) is 17.4 Å². The molecular formula is C13H12N2O3S. The zero-order valence-electron chi connectivity index (χ0n) is 10.1. The number of ether oxygens (including phenoxy) is 1. The van der Waals surface area contributed by atoms with Crippen molar-refractivity contribution >= 4 is 28.5 Å². The summed E-state index contributed by atoms with van der Waals surface area (Å²) in [5, 5.41) is 3.36. The molecule has 3 rings (SSSR count). The summed E-state index contributed by atoms with van der Waals surface area (Å²) in [6.45, 7) is 1.29. The number of carbonyl (C=O) groups is 1. The molecule has 6 heteroatoms. The fourth-order valence-electron chi connectivity index (χ4n) is 1.77. The molecule has 0 bridgehead atoms. The van der Waals surface area contributed by atoms with Crippen molar-refractivity contribution < 1.29 is 13.9 Å². The van der Waals surface area contributed by atoms with E-state index in [-0.39, 0.29) is 5.91 Å². The summed E-state index contributed by atoms with van der Waals surface area (Å²) in [4.78, 5) is 17.2. The Morgan fingerprint density at radius 1 is 1.53 bits per heavy atom. The summed E-state index contributed by atoms with van der Waals surface area (Å²) >= 11 is 1.46. The van der Waals surface area contributed by atoms with Crippen molar-refractivity contribution in [1.82, 2.24) is 4.98 Å². The highest BCUT2D eigenvalue weighted by Gasteiger charge is 2.16. The minimum atomic E-state index is -0.219. The van der Waals surface area contributed by atoms with Gasteiger partial charge in [-0.3, -0.25) is 10.1 Å². The fraction of sp³-hybridized carbons (Fsp3) is 0.231. The first-order chi connectivity index (χ1) is 9.31. The maximum absolute atomic E-state index is 11.7. The number of nitrogens with zero attached hydrogens (tertiary/aromatic N) is 1. The fourth-order valence-corrected chi connectivity index (χ4v) is 2.72. The number of anilines is 1. The molecule has 1 amide bonds. The number of fused-ring (bicyclic) bond motifs is 1. The first-order valence-electron chi connectivity index (χ1n) is 5.90. The lowest BCUT2D eigenvalue weighted by Gasteiger charge is -2.08. The minimum Gasteiger partial charge on any atom is -0.465 e. The SMILES string of the molecule is O=C(/C=C/c1ccco1)Nc1nc2c(s1)COCC2. The molecule has 0 radical (unpaired) electrons. The molecule has 0 saturated carbocycles. The van der Waals surface area contributed by atoms with Gasteiger partial charge in [-0.05, 0) is 18.2 Å². The summed E-state index contributed by atoms with van der Waals surface area (Å²) in [5.41, 5.74) is 1.03. The lowest BCUT2D eigenvalue weighted by Crippen LogP contribution is -2.09. The Labute approximate surface area is 113 Å². The Balaban J connectivity index is 1.64. The van der Waals surface area contributed by atoms with E-state index in [0.717, 1.165) is 17.0 Å². The maximum Gasteiger partial charge on any atom is 0.250 e. The molecule has 2 aromatic heterocycles. The van der Waals surface area contributed by atoms with Crippen molar-refractivity contribution in [3.63, 3.8) is 0 Å². The molecule has 0 unspecified atom stereocenters. The van der Waals surface area contributed by atoms with Crippen LogP contribution in [0.4, 0.5) is 5.13 Å². The maximum atomic E-state index is 11.7. The van der Waals surface area contributed by atoms with Crippen molar-refractivity contribution in [2.45, 2.75) is 13.0 Å². The van der Waals surface area contributed by atoms with Gasteiger partial charge in [-0.1, -0.05) is 11.3 Å². The first-order valence-corrected chi connectivity index (χ1v) is 6.72. The Kier molecular flexibility index (Phi) is 3.43. The van der Waals surface area contributed by atoms with Crippen LogP contribution in [0.1, 0.15) is 16.3 Å². The summed E-state index contributed by atoms with van der Waals surface area (Å²) in [7, 11) is 0. The third kappa shape index (κ3) is 2.91. The predicted octanol–water partition coefficient (Wildman–Crippen LogP) is 2.46. The van der Waals surface area contributed by atoms with Crippen molar-refractivity contribution in [2.75, 3.05) is 11.9 Å². The van der Waals surface area contributed by atoms with Gasteiger partial charge in [-0.2, -0.15) is 0 Å². The van der Waals surface area contributed by atoms with Gasteiger partial charge in [-0.25, -0.2) is 4.98 Å². The molecule has 1 aliphatic rings. The second kappa shape index (κ2) is 5.38. The Bertz CT molecular complexity index is 578. The third-order valence-electron chi connectivity index (χ3n) is 2.67. The van der Waals surface area contributed by atoms with Crippen molar-refractivity contribution in [2.24, 2.45) is 0 Å². The van der Waals surface area contributed by atoms with Crippen LogP contribution in [-0.2, 0) is 22.6 Å². The smallest absolute Gasteiger partial charge is 0.250 e. The zero-order chi connectivity index (χ0) is 13.1. The summed E-state index contributed by atoms with van der Waals surface area (Å²) < 4.78 is 10.4. The Morgan fingerprint density at radius 2 is 2.47 bits per heavy atom. The monoisotopic (exact) mass is 276 g/mol. The molecule has 0 aliphatic carbocycles. The van der Waals surface area contributed by atoms with Crippen molar-refractivity contribution in [3.05, 3.63) is 40.8 Å². The Hall–Kier alpha value is -1.92. The molecule has 0 spiro atoms. The molecule has 0 aromatic carbocycles. The van der Waals surface area contributed by atoms with Gasteiger partial charge < -0.3 is 9.15 Å². The van der Waals surface area contributed by atoms with E-state index in [1.54, 1.807) is 24.5 Å². The van der Waals surface area contributed by atoms with Gasteiger partial charge >= 0.3 is 0 Å². The van der Waals surface area contributed by atoms with Crippen LogP contribution in [-0.4, -0.2) is 17.5 Å². The zero-order valence-corrected chi connectivity index (χ0v) is 10.9. The predicted molar refractivity (Wildman–Crippen MR) is 71.8 cm³/mol. The third-order valence-corrected chi connectivity index (χ3v) is 3.65. The van der Waals surface area contributed by atoms with E-state index in [2.05, 4.69) is 10.3 Å². The standard InChI is InChI=1S/C13H12N2O3S/c16-12(4-3-9-2-1-6-18-9)15-13-14-10-5-7-17-8-11(10)19-13/h1-4,6H,5,7-8H2,(H,14,15,16)/b4-3+. The number of nitrogens with one attached hydrogen (secondary N) is 1. The van der Waals surface area contributed by atoms with E-state index >= 15 is 0 Å². The number of amides is 1. The highest BCUT2D eigenvalue weighted by atomic mass is 32.1. The van der Waals surface area contributed by atoms with Gasteiger partial charge in [0.1, 0.15) is 5.76 Å². The number of aromatic nitrogens is 1. The van der Waals surface area contributed by atoms with Crippen LogP contribution < -0.4 is 5.32 Å². The highest BCUT2D eigenvalue weighted by molar-refractivity contribution is 7.15. The summed E-state index contributed by atoms with van der Waals surface area (Å²) in [5.74, 6) is 0.422. The molecule has 5 nitrogen and oxygen atoms in total. The number of hydrogen-bond donors (Lipinski definition) is 1. The molecule has 0 fully saturated rings. The molecule has 0 saturated heterocycles. The van der Waals surface area contributed by atoms with E-state index < -0.39 is 0 Å². The van der Waals surface area contributed by atoms with Gasteiger partial charge in [0.15, 0.2) is 5.13 Å². The Morgan fingerprint density at radius 3 is 3.26 bits per heavy atom. The van der Waals surface area contributed by atoms with Crippen LogP contribution in [0.3, 0.4) is 0 Å². The van der Waals surface area contributed by atoms with Crippen LogP contribution in [0.5, 0.6) is 0 Å². The summed E-state index contributed by atoms with van der Waals surface area (Å²) in [6, 6.07) is 3.55. The first kappa shape index (κ1) is 12.1. The number of hydrogen-bond acceptors (Lipinski definition) is 5. The number of furan rings is 1. The summed E-state index contributed by atoms with van der Waals surface area (Å²) in [6.07, 6.45) is 5.41. The molecular weight excluding hydrogens is 264 g/mol. The second-order valence-corrected chi connectivity index (χ2v) is 5.11. The van der Waals surface area contributed by atoms with Crippen LogP contribution in [0.25, 0.3) is 6.08 Å². The van der Waals surface area contributed by atoms with Gasteiger partial charge in [0.25, 0.3) is 0 Å². The quantitative estimate of drug-likeness (QED) is 0.875. The molecule has 1 aliphatic heterocycles. The van der Waals surface area contributed by atoms with Crippen LogP contribution in [0.15, 0.2) is 28.9 Å². The van der Waals surface area contributed by atoms with Crippen molar-refractivity contribution in [3.8, 4) is 0 Å². The van der Waals surface area contributed by atoms with E-state index in [4.69, 9.17) is 9.15 Å². The number of rotatable bonds is 3. The molecule has 2 aromatic rings. The highest BCUT2D eigenvalue weighted by Crippen LogP contribution is 2.26. The molecule has 1 N–H and O–H groups in total. The van der Waals surface area contributed by atoms with Crippen molar-refractivity contribution in [1.29, 1.82) is 0 Å². The average molecular weight is 276 g/mol. The van der Waals surface area contributed by atoms with Gasteiger partial charge in [0.2, 0.25) is 5.91 Å². The second-order valence-electron chi connectivity index (χ2n) is 4.03.